The first-order chi connectivity index (χ1) is 8.97. The Morgan fingerprint density at radius 3 is 2.53 bits per heavy atom. The van der Waals surface area contributed by atoms with Gasteiger partial charge < -0.3 is 0 Å². The van der Waals surface area contributed by atoms with Crippen LogP contribution in [0.3, 0.4) is 0 Å². The van der Waals surface area contributed by atoms with Gasteiger partial charge in [0.15, 0.2) is 5.78 Å². The first-order valence-electron chi connectivity index (χ1n) is 6.02. The van der Waals surface area contributed by atoms with Crippen LogP contribution in [0.25, 0.3) is 0 Å². The lowest BCUT2D eigenvalue weighted by Gasteiger charge is -2.07. The van der Waals surface area contributed by atoms with Crippen LogP contribution in [0, 0.1) is 17.4 Å². The average Bonchev–Trinajstić information content (AvgIpc) is 2.36. The molecule has 0 unspecified atom stereocenters. The Kier molecular flexibility index (Phi) is 4.79. The van der Waals surface area contributed by atoms with Crippen LogP contribution in [0.5, 0.6) is 0 Å². The van der Waals surface area contributed by atoms with E-state index in [4.69, 9.17) is 0 Å². The lowest BCUT2D eigenvalue weighted by atomic mass is 10.00. The number of benzene rings is 2. The highest BCUT2D eigenvalue weighted by atomic mass is 127. The van der Waals surface area contributed by atoms with Crippen molar-refractivity contribution in [2.75, 3.05) is 0 Å². The van der Waals surface area contributed by atoms with Crippen LogP contribution in [0.2, 0.25) is 0 Å². The van der Waals surface area contributed by atoms with Gasteiger partial charge in [-0.25, -0.2) is 0 Å². The molecule has 0 N–H and O–H groups in total. The lowest BCUT2D eigenvalue weighted by Crippen LogP contribution is -2.05. The number of hydrogen-bond acceptors (Lipinski definition) is 1. The maximum atomic E-state index is 12.4. The van der Waals surface area contributed by atoms with E-state index >= 15 is 0 Å². The highest BCUT2D eigenvalue weighted by molar-refractivity contribution is 14.1. The van der Waals surface area contributed by atoms with Crippen molar-refractivity contribution in [3.05, 3.63) is 66.7 Å². The Morgan fingerprint density at radius 1 is 1.11 bits per heavy atom. The van der Waals surface area contributed by atoms with Crippen LogP contribution in [0.4, 0.5) is 0 Å². The van der Waals surface area contributed by atoms with E-state index in [2.05, 4.69) is 64.5 Å². The normalized spacial score (nSPS) is 10.5. The second-order valence-corrected chi connectivity index (χ2v) is 6.74. The van der Waals surface area contributed by atoms with Crippen molar-refractivity contribution in [3.63, 3.8) is 0 Å². The standard InChI is InChI=1S/C16H14BrIO/c1-10-3-4-12(7-11(10)2)8-16(19)14-9-13(18)5-6-15(14)17/h3-7,9H,8H2,1-2H3. The van der Waals surface area contributed by atoms with Gasteiger partial charge in [0, 0.05) is 20.0 Å². The summed E-state index contributed by atoms with van der Waals surface area (Å²) in [7, 11) is 0. The number of aryl methyl sites for hydroxylation is 2. The number of carbonyl (C=O) groups excluding carboxylic acids is 1. The fourth-order valence-electron chi connectivity index (χ4n) is 1.91. The predicted octanol–water partition coefficient (Wildman–Crippen LogP) is 5.10. The van der Waals surface area contributed by atoms with Crippen LogP contribution < -0.4 is 0 Å². The Labute approximate surface area is 135 Å². The summed E-state index contributed by atoms with van der Waals surface area (Å²) in [4.78, 5) is 12.4. The second kappa shape index (κ2) is 6.18. The molecule has 0 bridgehead atoms. The van der Waals surface area contributed by atoms with Crippen molar-refractivity contribution in [3.8, 4) is 0 Å². The summed E-state index contributed by atoms with van der Waals surface area (Å²) in [6, 6.07) is 12.0. The highest BCUT2D eigenvalue weighted by Gasteiger charge is 2.11. The number of hydrogen-bond donors (Lipinski definition) is 0. The number of carbonyl (C=O) groups is 1. The van der Waals surface area contributed by atoms with Gasteiger partial charge in [0.2, 0.25) is 0 Å². The van der Waals surface area contributed by atoms with Gasteiger partial charge in [0.05, 0.1) is 0 Å². The molecule has 0 aliphatic heterocycles. The predicted molar refractivity (Wildman–Crippen MR) is 90.8 cm³/mol. The van der Waals surface area contributed by atoms with Gasteiger partial charge in [-0.3, -0.25) is 4.79 Å². The van der Waals surface area contributed by atoms with Gasteiger partial charge in [-0.2, -0.15) is 0 Å². The second-order valence-electron chi connectivity index (χ2n) is 4.64. The monoisotopic (exact) mass is 428 g/mol. The van der Waals surface area contributed by atoms with Gasteiger partial charge in [-0.15, -0.1) is 0 Å². The Balaban J connectivity index is 2.25. The summed E-state index contributed by atoms with van der Waals surface area (Å²) in [6.07, 6.45) is 0.444. The maximum Gasteiger partial charge on any atom is 0.168 e. The van der Waals surface area contributed by atoms with Crippen molar-refractivity contribution < 1.29 is 4.79 Å². The molecule has 0 fully saturated rings. The van der Waals surface area contributed by atoms with Crippen molar-refractivity contribution in [1.29, 1.82) is 0 Å². The van der Waals surface area contributed by atoms with E-state index in [1.54, 1.807) is 0 Å². The fourth-order valence-corrected chi connectivity index (χ4v) is 2.86. The highest BCUT2D eigenvalue weighted by Crippen LogP contribution is 2.22. The molecule has 2 aromatic rings. The molecule has 0 heterocycles. The Hall–Kier alpha value is -0.680. The number of ketones is 1. The van der Waals surface area contributed by atoms with Crippen LogP contribution in [-0.4, -0.2) is 5.78 Å². The molecule has 19 heavy (non-hydrogen) atoms. The first kappa shape index (κ1) is 14.7. The minimum Gasteiger partial charge on any atom is -0.294 e. The third-order valence-electron chi connectivity index (χ3n) is 3.16. The Morgan fingerprint density at radius 2 is 1.84 bits per heavy atom. The molecule has 0 aromatic heterocycles. The zero-order valence-corrected chi connectivity index (χ0v) is 14.6. The molecule has 0 spiro atoms. The number of Topliss-reactive ketones (excluding diaryl/α,β-unsaturated/α-hetero) is 1. The van der Waals surface area contributed by atoms with Crippen LogP contribution in [-0.2, 0) is 6.42 Å². The minimum atomic E-state index is 0.147. The summed E-state index contributed by atoms with van der Waals surface area (Å²) in [5, 5.41) is 0. The molecule has 0 aliphatic carbocycles. The summed E-state index contributed by atoms with van der Waals surface area (Å²) >= 11 is 5.67. The van der Waals surface area contributed by atoms with E-state index in [9.17, 15) is 4.79 Å². The molecule has 0 aliphatic rings. The largest absolute Gasteiger partial charge is 0.294 e. The van der Waals surface area contributed by atoms with Crippen LogP contribution in [0.15, 0.2) is 40.9 Å². The van der Waals surface area contributed by atoms with E-state index in [1.807, 2.05) is 24.3 Å². The van der Waals surface area contributed by atoms with Crippen molar-refractivity contribution in [2.45, 2.75) is 20.3 Å². The summed E-state index contributed by atoms with van der Waals surface area (Å²) in [6.45, 7) is 4.15. The molecule has 0 atom stereocenters. The summed E-state index contributed by atoms with van der Waals surface area (Å²) < 4.78 is 1.94. The van der Waals surface area contributed by atoms with E-state index in [1.165, 1.54) is 11.1 Å². The van der Waals surface area contributed by atoms with Crippen LogP contribution >= 0.6 is 38.5 Å². The fraction of sp³-hybridized carbons (Fsp3) is 0.188. The third kappa shape index (κ3) is 3.66. The zero-order valence-electron chi connectivity index (χ0n) is 10.8. The quantitative estimate of drug-likeness (QED) is 0.491. The topological polar surface area (TPSA) is 17.1 Å². The molecule has 2 rings (SSSR count). The van der Waals surface area contributed by atoms with Crippen LogP contribution in [0.1, 0.15) is 27.0 Å². The maximum absolute atomic E-state index is 12.4. The molecule has 0 radical (unpaired) electrons. The molecule has 0 amide bonds. The Bertz CT molecular complexity index is 635. The SMILES string of the molecule is Cc1ccc(CC(=O)c2cc(I)ccc2Br)cc1C. The van der Waals surface area contributed by atoms with Gasteiger partial charge in [0.1, 0.15) is 0 Å². The first-order valence-corrected chi connectivity index (χ1v) is 7.89. The molecule has 1 nitrogen and oxygen atoms in total. The molecule has 0 saturated heterocycles. The number of rotatable bonds is 3. The van der Waals surface area contributed by atoms with Gasteiger partial charge in [0.25, 0.3) is 0 Å². The van der Waals surface area contributed by atoms with E-state index in [0.717, 1.165) is 19.2 Å². The molecular formula is C16H14BrIO. The van der Waals surface area contributed by atoms with E-state index < -0.39 is 0 Å². The summed E-state index contributed by atoms with van der Waals surface area (Å²) in [5.41, 5.74) is 4.31. The lowest BCUT2D eigenvalue weighted by molar-refractivity contribution is 0.0992. The molecule has 98 valence electrons. The zero-order chi connectivity index (χ0) is 14.0. The van der Waals surface area contributed by atoms with E-state index in [-0.39, 0.29) is 5.78 Å². The smallest absolute Gasteiger partial charge is 0.168 e. The minimum absolute atomic E-state index is 0.147. The van der Waals surface area contributed by atoms with Crippen molar-refractivity contribution >= 4 is 44.3 Å². The molecule has 3 heteroatoms. The van der Waals surface area contributed by atoms with E-state index in [0.29, 0.717) is 6.42 Å². The molecule has 2 aromatic carbocycles. The molecule has 0 saturated carbocycles. The van der Waals surface area contributed by atoms with Gasteiger partial charge in [-0.05, 0) is 71.3 Å². The molecular weight excluding hydrogens is 415 g/mol. The summed E-state index contributed by atoms with van der Waals surface area (Å²) in [5.74, 6) is 0.147. The average molecular weight is 429 g/mol. The van der Waals surface area contributed by atoms with Gasteiger partial charge in [-0.1, -0.05) is 34.1 Å². The van der Waals surface area contributed by atoms with Gasteiger partial charge >= 0.3 is 0 Å². The third-order valence-corrected chi connectivity index (χ3v) is 4.53. The number of halogens is 2. The van der Waals surface area contributed by atoms with Crippen molar-refractivity contribution in [1.82, 2.24) is 0 Å². The van der Waals surface area contributed by atoms with Crippen molar-refractivity contribution in [2.24, 2.45) is 0 Å².